The molecule has 18 heavy (non-hydrogen) atoms. The van der Waals surface area contributed by atoms with Gasteiger partial charge in [-0.25, -0.2) is 0 Å². The van der Waals surface area contributed by atoms with Crippen LogP contribution >= 0.6 is 0 Å². The van der Waals surface area contributed by atoms with Gasteiger partial charge < -0.3 is 9.64 Å². The van der Waals surface area contributed by atoms with Crippen molar-refractivity contribution in [1.29, 1.82) is 0 Å². The van der Waals surface area contributed by atoms with E-state index in [-0.39, 0.29) is 0 Å². The van der Waals surface area contributed by atoms with E-state index in [0.717, 1.165) is 25.0 Å². The molecule has 0 amide bonds. The molecule has 2 heteroatoms. The lowest BCUT2D eigenvalue weighted by Crippen LogP contribution is -2.49. The Morgan fingerprint density at radius 3 is 2.44 bits per heavy atom. The van der Waals surface area contributed by atoms with E-state index in [0.29, 0.717) is 5.41 Å². The Labute approximate surface area is 114 Å². The minimum absolute atomic E-state index is 0.471. The molecule has 2 nitrogen and oxygen atoms in total. The van der Waals surface area contributed by atoms with Crippen molar-refractivity contribution < 1.29 is 4.74 Å². The van der Waals surface area contributed by atoms with E-state index < -0.39 is 0 Å². The summed E-state index contributed by atoms with van der Waals surface area (Å²) in [5.74, 6) is 1.61. The van der Waals surface area contributed by atoms with Crippen molar-refractivity contribution in [2.75, 3.05) is 32.8 Å². The Kier molecular flexibility index (Phi) is 6.65. The maximum atomic E-state index is 5.76. The minimum atomic E-state index is 0.471. The van der Waals surface area contributed by atoms with E-state index >= 15 is 0 Å². The lowest BCUT2D eigenvalue weighted by Gasteiger charge is -2.40. The zero-order valence-electron chi connectivity index (χ0n) is 13.2. The number of hydrogen-bond acceptors (Lipinski definition) is 2. The second-order valence-electron chi connectivity index (χ2n) is 7.55. The van der Waals surface area contributed by atoms with Crippen LogP contribution in [0.25, 0.3) is 0 Å². The maximum Gasteiger partial charge on any atom is 0.0518 e. The van der Waals surface area contributed by atoms with Crippen LogP contribution in [0.1, 0.15) is 53.9 Å². The zero-order valence-corrected chi connectivity index (χ0v) is 13.2. The zero-order chi connectivity index (χ0) is 13.6. The van der Waals surface area contributed by atoms with Crippen LogP contribution in [0.4, 0.5) is 0 Å². The molecular formula is C16H33NO. The van der Waals surface area contributed by atoms with Gasteiger partial charge in [-0.3, -0.25) is 0 Å². The largest absolute Gasteiger partial charge is 0.381 e. The van der Waals surface area contributed by atoms with E-state index in [2.05, 4.69) is 39.5 Å². The van der Waals surface area contributed by atoms with Gasteiger partial charge >= 0.3 is 0 Å². The van der Waals surface area contributed by atoms with Crippen molar-refractivity contribution in [3.8, 4) is 0 Å². The standard InChI is InChI=1S/C16H33NO/c1-14(2)7-6-10-18-13-15-11-17(12-15)9-8-16(3,4)5/h14-15H,6-13H2,1-5H3. The fourth-order valence-electron chi connectivity index (χ4n) is 2.30. The van der Waals surface area contributed by atoms with Gasteiger partial charge in [-0.1, -0.05) is 34.6 Å². The van der Waals surface area contributed by atoms with Crippen molar-refractivity contribution in [2.24, 2.45) is 17.3 Å². The molecule has 0 bridgehead atoms. The Morgan fingerprint density at radius 1 is 1.22 bits per heavy atom. The smallest absolute Gasteiger partial charge is 0.0518 e. The molecule has 0 aliphatic carbocycles. The molecule has 0 aromatic heterocycles. The minimum Gasteiger partial charge on any atom is -0.381 e. The third kappa shape index (κ3) is 7.38. The fraction of sp³-hybridized carbons (Fsp3) is 1.00. The van der Waals surface area contributed by atoms with Gasteiger partial charge in [0.25, 0.3) is 0 Å². The van der Waals surface area contributed by atoms with Gasteiger partial charge in [0.1, 0.15) is 0 Å². The molecule has 0 unspecified atom stereocenters. The summed E-state index contributed by atoms with van der Waals surface area (Å²) in [6, 6.07) is 0. The molecule has 0 N–H and O–H groups in total. The molecular weight excluding hydrogens is 222 g/mol. The lowest BCUT2D eigenvalue weighted by atomic mass is 9.90. The Balaban J connectivity index is 1.90. The molecule has 0 aromatic carbocycles. The molecule has 1 fully saturated rings. The summed E-state index contributed by atoms with van der Waals surface area (Å²) in [6.07, 6.45) is 3.81. The number of rotatable bonds is 8. The van der Waals surface area contributed by atoms with E-state index in [4.69, 9.17) is 4.74 Å². The third-order valence-electron chi connectivity index (χ3n) is 3.63. The van der Waals surface area contributed by atoms with Crippen molar-refractivity contribution in [3.63, 3.8) is 0 Å². The summed E-state index contributed by atoms with van der Waals surface area (Å²) >= 11 is 0. The van der Waals surface area contributed by atoms with Crippen LogP contribution in [0, 0.1) is 17.3 Å². The fourth-order valence-corrected chi connectivity index (χ4v) is 2.30. The SMILES string of the molecule is CC(C)CCCOCC1CN(CCC(C)(C)C)C1. The van der Waals surface area contributed by atoms with Gasteiger partial charge in [-0.05, 0) is 37.1 Å². The van der Waals surface area contributed by atoms with Crippen LogP contribution in [0.2, 0.25) is 0 Å². The quantitative estimate of drug-likeness (QED) is 0.612. The van der Waals surface area contributed by atoms with E-state index in [9.17, 15) is 0 Å². The highest BCUT2D eigenvalue weighted by Gasteiger charge is 2.27. The first-order valence-corrected chi connectivity index (χ1v) is 7.67. The molecule has 0 saturated carbocycles. The van der Waals surface area contributed by atoms with Crippen LogP contribution in [0.15, 0.2) is 0 Å². The average Bonchev–Trinajstić information content (AvgIpc) is 2.16. The first-order valence-electron chi connectivity index (χ1n) is 7.67. The van der Waals surface area contributed by atoms with Crippen molar-refractivity contribution in [2.45, 2.75) is 53.9 Å². The molecule has 108 valence electrons. The molecule has 1 heterocycles. The predicted molar refractivity (Wildman–Crippen MR) is 78.9 cm³/mol. The Hall–Kier alpha value is -0.0800. The highest BCUT2D eigenvalue weighted by atomic mass is 16.5. The van der Waals surface area contributed by atoms with E-state index in [1.165, 1.54) is 38.9 Å². The Morgan fingerprint density at radius 2 is 1.89 bits per heavy atom. The normalized spacial score (nSPS) is 18.3. The molecule has 0 radical (unpaired) electrons. The van der Waals surface area contributed by atoms with Gasteiger partial charge in [-0.15, -0.1) is 0 Å². The maximum absolute atomic E-state index is 5.76. The van der Waals surface area contributed by atoms with E-state index in [1.54, 1.807) is 0 Å². The first-order chi connectivity index (χ1) is 8.37. The molecule has 1 aliphatic heterocycles. The summed E-state index contributed by atoms with van der Waals surface area (Å²) in [5, 5.41) is 0. The van der Waals surface area contributed by atoms with Crippen molar-refractivity contribution >= 4 is 0 Å². The van der Waals surface area contributed by atoms with Gasteiger partial charge in [-0.2, -0.15) is 0 Å². The summed E-state index contributed by atoms with van der Waals surface area (Å²) in [4.78, 5) is 2.56. The van der Waals surface area contributed by atoms with Crippen LogP contribution in [0.5, 0.6) is 0 Å². The van der Waals surface area contributed by atoms with Crippen LogP contribution < -0.4 is 0 Å². The highest BCUT2D eigenvalue weighted by Crippen LogP contribution is 2.22. The summed E-state index contributed by atoms with van der Waals surface area (Å²) in [7, 11) is 0. The van der Waals surface area contributed by atoms with Crippen molar-refractivity contribution in [3.05, 3.63) is 0 Å². The number of likely N-dealkylation sites (tertiary alicyclic amines) is 1. The topological polar surface area (TPSA) is 12.5 Å². The summed E-state index contributed by atoms with van der Waals surface area (Å²) < 4.78 is 5.76. The number of nitrogens with zero attached hydrogens (tertiary/aromatic N) is 1. The molecule has 0 spiro atoms. The molecule has 0 atom stereocenters. The Bertz CT molecular complexity index is 214. The predicted octanol–water partition coefficient (Wildman–Crippen LogP) is 3.81. The summed E-state index contributed by atoms with van der Waals surface area (Å²) in [6.45, 7) is 17.2. The second kappa shape index (κ2) is 7.49. The monoisotopic (exact) mass is 255 g/mol. The van der Waals surface area contributed by atoms with Gasteiger partial charge in [0, 0.05) is 25.6 Å². The van der Waals surface area contributed by atoms with Gasteiger partial charge in [0.15, 0.2) is 0 Å². The molecule has 0 aromatic rings. The lowest BCUT2D eigenvalue weighted by molar-refractivity contribution is 0.00893. The second-order valence-corrected chi connectivity index (χ2v) is 7.55. The van der Waals surface area contributed by atoms with Crippen LogP contribution in [-0.4, -0.2) is 37.7 Å². The van der Waals surface area contributed by atoms with Gasteiger partial charge in [0.05, 0.1) is 6.61 Å². The molecule has 1 aliphatic rings. The van der Waals surface area contributed by atoms with E-state index in [1.807, 2.05) is 0 Å². The van der Waals surface area contributed by atoms with Gasteiger partial charge in [0.2, 0.25) is 0 Å². The third-order valence-corrected chi connectivity index (χ3v) is 3.63. The van der Waals surface area contributed by atoms with Crippen LogP contribution in [-0.2, 0) is 4.74 Å². The number of ether oxygens (including phenoxy) is 1. The van der Waals surface area contributed by atoms with Crippen LogP contribution in [0.3, 0.4) is 0 Å². The highest BCUT2D eigenvalue weighted by molar-refractivity contribution is 4.80. The number of hydrogen-bond donors (Lipinski definition) is 0. The summed E-state index contributed by atoms with van der Waals surface area (Å²) in [5.41, 5.74) is 0.471. The first kappa shape index (κ1) is 16.0. The molecule has 1 rings (SSSR count). The molecule has 1 saturated heterocycles. The van der Waals surface area contributed by atoms with Crippen molar-refractivity contribution in [1.82, 2.24) is 4.90 Å². The average molecular weight is 255 g/mol.